The normalized spacial score (nSPS) is 11.8. The smallest absolute Gasteiger partial charge is 0.260 e. The molecule has 0 unspecified atom stereocenters. The largest absolute Gasteiger partial charge is 0.452 e. The van der Waals surface area contributed by atoms with E-state index in [4.69, 9.17) is 9.47 Å². The minimum atomic E-state index is 0.298. The van der Waals surface area contributed by atoms with Crippen LogP contribution < -0.4 is 9.47 Å². The van der Waals surface area contributed by atoms with E-state index in [0.717, 1.165) is 35.7 Å². The second-order valence-electron chi connectivity index (χ2n) is 5.84. The molecule has 6 rings (SSSR count). The van der Waals surface area contributed by atoms with E-state index < -0.39 is 0 Å². The summed E-state index contributed by atoms with van der Waals surface area (Å²) in [6, 6.07) is 15.7. The maximum atomic E-state index is 5.01. The first-order valence-corrected chi connectivity index (χ1v) is 11.7. The highest BCUT2D eigenvalue weighted by atomic mass is 16.7. The van der Waals surface area contributed by atoms with Crippen molar-refractivity contribution in [3.63, 3.8) is 0 Å². The number of aromatic nitrogens is 2. The molecule has 3 aromatic rings. The molecule has 0 aliphatic carbocycles. The Labute approximate surface area is 198 Å². The summed E-state index contributed by atoms with van der Waals surface area (Å²) in [5, 5.41) is 0. The lowest BCUT2D eigenvalue weighted by atomic mass is 10.2. The summed E-state index contributed by atoms with van der Waals surface area (Å²) in [4.78, 5) is 16.3. The van der Waals surface area contributed by atoms with Gasteiger partial charge in [0.15, 0.2) is 5.75 Å². The third-order valence-electron chi connectivity index (χ3n) is 4.06. The lowest BCUT2D eigenvalue weighted by molar-refractivity contribution is 0.171. The molecule has 3 aliphatic heterocycles. The van der Waals surface area contributed by atoms with Gasteiger partial charge in [0, 0.05) is 37.7 Å². The third kappa shape index (κ3) is 8.85. The Bertz CT molecular complexity index is 897. The van der Waals surface area contributed by atoms with Gasteiger partial charge in [-0.3, -0.25) is 15.0 Å². The molecule has 0 saturated carbocycles. The van der Waals surface area contributed by atoms with Crippen LogP contribution in [0.5, 0.6) is 11.6 Å². The monoisotopic (exact) mass is 448 g/mol. The highest BCUT2D eigenvalue weighted by Crippen LogP contribution is 2.27. The number of hydrogen-bond acceptors (Lipinski definition) is 6. The Kier molecular flexibility index (Phi) is 14.2. The Balaban J connectivity index is 0.000000222. The standard InChI is InChI=1S/C8H7N.C7H6N2.C6H5NO2.3C2H6/c1-2-4-8-7(3-1)5-6-9-8;1-2-6-7(8-4-1)3-5-9-6;1-2-5-6(7-3-1)9-4-8-5;3*1-2/h1-4,6H,5H2;1-2,4-5H,3H2;1-3H,4H2;3*1-2H3. The number of pyridine rings is 2. The van der Waals surface area contributed by atoms with Gasteiger partial charge < -0.3 is 9.47 Å². The number of benzene rings is 1. The van der Waals surface area contributed by atoms with Gasteiger partial charge in [0.25, 0.3) is 5.88 Å². The highest BCUT2D eigenvalue weighted by Gasteiger charge is 2.11. The molecular weight excluding hydrogens is 412 g/mol. The number of fused-ring (bicyclic) bond motifs is 3. The van der Waals surface area contributed by atoms with Crippen LogP contribution in [0.25, 0.3) is 0 Å². The molecule has 0 spiro atoms. The fraction of sp³-hybridized carbons (Fsp3) is 0.333. The third-order valence-corrected chi connectivity index (χ3v) is 4.06. The van der Waals surface area contributed by atoms with Gasteiger partial charge in [0.05, 0.1) is 17.1 Å². The minimum Gasteiger partial charge on any atom is -0.452 e. The second kappa shape index (κ2) is 17.1. The molecule has 0 bridgehead atoms. The van der Waals surface area contributed by atoms with Gasteiger partial charge >= 0.3 is 0 Å². The van der Waals surface area contributed by atoms with Crippen LogP contribution in [0.15, 0.2) is 70.9 Å². The zero-order valence-electron chi connectivity index (χ0n) is 20.7. The summed E-state index contributed by atoms with van der Waals surface area (Å²) in [5.74, 6) is 1.33. The molecular formula is C27H36N4O2. The van der Waals surface area contributed by atoms with Crippen molar-refractivity contribution in [3.05, 3.63) is 72.2 Å². The average Bonchev–Trinajstić information content (AvgIpc) is 3.69. The van der Waals surface area contributed by atoms with Crippen LogP contribution in [0.4, 0.5) is 11.4 Å². The van der Waals surface area contributed by atoms with E-state index in [1.165, 1.54) is 5.56 Å². The Hall–Kier alpha value is -3.54. The maximum Gasteiger partial charge on any atom is 0.260 e. The van der Waals surface area contributed by atoms with Crippen LogP contribution >= 0.6 is 0 Å². The molecule has 2 aromatic heterocycles. The summed E-state index contributed by atoms with van der Waals surface area (Å²) in [6.07, 6.45) is 9.22. The van der Waals surface area contributed by atoms with Crippen LogP contribution in [0.3, 0.4) is 0 Å². The van der Waals surface area contributed by atoms with Crippen molar-refractivity contribution >= 4 is 23.8 Å². The molecule has 0 atom stereocenters. The average molecular weight is 449 g/mol. The Morgan fingerprint density at radius 2 is 1.27 bits per heavy atom. The van der Waals surface area contributed by atoms with Gasteiger partial charge in [0.1, 0.15) is 0 Å². The van der Waals surface area contributed by atoms with Crippen LogP contribution in [-0.2, 0) is 12.8 Å². The number of hydrogen-bond donors (Lipinski definition) is 0. The molecule has 1 aromatic carbocycles. The van der Waals surface area contributed by atoms with Gasteiger partial charge in [-0.25, -0.2) is 4.98 Å². The molecule has 6 nitrogen and oxygen atoms in total. The summed E-state index contributed by atoms with van der Waals surface area (Å²) in [6.45, 7) is 12.3. The van der Waals surface area contributed by atoms with Crippen LogP contribution in [-0.4, -0.2) is 29.2 Å². The summed E-state index contributed by atoms with van der Waals surface area (Å²) in [7, 11) is 0. The van der Waals surface area contributed by atoms with Crippen molar-refractivity contribution in [2.24, 2.45) is 9.98 Å². The predicted molar refractivity (Wildman–Crippen MR) is 139 cm³/mol. The van der Waals surface area contributed by atoms with Crippen LogP contribution in [0.1, 0.15) is 52.8 Å². The summed E-state index contributed by atoms with van der Waals surface area (Å²) >= 11 is 0. The van der Waals surface area contributed by atoms with Crippen molar-refractivity contribution in [1.29, 1.82) is 0 Å². The SMILES string of the molecule is C1=Nc2ccccc2C1.C1=Nc2cccnc2C1.CC.CC.CC.c1cnc2c(c1)OCO2. The van der Waals surface area contributed by atoms with Crippen molar-refractivity contribution in [1.82, 2.24) is 9.97 Å². The first kappa shape index (κ1) is 27.5. The van der Waals surface area contributed by atoms with Crippen molar-refractivity contribution in [3.8, 4) is 11.6 Å². The lowest BCUT2D eigenvalue weighted by Gasteiger charge is -1.91. The highest BCUT2D eigenvalue weighted by molar-refractivity contribution is 5.75. The number of ether oxygens (including phenoxy) is 2. The van der Waals surface area contributed by atoms with Gasteiger partial charge in [0.2, 0.25) is 6.79 Å². The van der Waals surface area contributed by atoms with E-state index in [0.29, 0.717) is 12.7 Å². The fourth-order valence-corrected chi connectivity index (χ4v) is 2.73. The lowest BCUT2D eigenvalue weighted by Crippen LogP contribution is -1.93. The Morgan fingerprint density at radius 3 is 2.00 bits per heavy atom. The number of para-hydroxylation sites is 1. The number of aliphatic imine (C=N–C) groups is 2. The molecule has 33 heavy (non-hydrogen) atoms. The maximum absolute atomic E-state index is 5.01. The van der Waals surface area contributed by atoms with E-state index in [1.807, 2.05) is 96.4 Å². The van der Waals surface area contributed by atoms with Gasteiger partial charge in [-0.1, -0.05) is 59.7 Å². The van der Waals surface area contributed by atoms with Crippen molar-refractivity contribution in [2.75, 3.05) is 6.79 Å². The molecule has 0 fully saturated rings. The van der Waals surface area contributed by atoms with E-state index >= 15 is 0 Å². The zero-order chi connectivity index (χ0) is 24.3. The van der Waals surface area contributed by atoms with E-state index in [2.05, 4.69) is 26.0 Å². The van der Waals surface area contributed by atoms with Crippen LogP contribution in [0, 0.1) is 0 Å². The molecule has 6 heteroatoms. The van der Waals surface area contributed by atoms with Gasteiger partial charge in [-0.15, -0.1) is 0 Å². The summed E-state index contributed by atoms with van der Waals surface area (Å²) in [5.41, 5.74) is 4.60. The van der Waals surface area contributed by atoms with Gasteiger partial charge in [-0.2, -0.15) is 0 Å². The molecule has 0 amide bonds. The van der Waals surface area contributed by atoms with Crippen molar-refractivity contribution < 1.29 is 9.47 Å². The van der Waals surface area contributed by atoms with E-state index in [9.17, 15) is 0 Å². The predicted octanol–water partition coefficient (Wildman–Crippen LogP) is 7.17. The number of rotatable bonds is 0. The van der Waals surface area contributed by atoms with Crippen molar-refractivity contribution in [2.45, 2.75) is 54.4 Å². The molecule has 5 heterocycles. The number of nitrogens with zero attached hydrogens (tertiary/aromatic N) is 4. The second-order valence-corrected chi connectivity index (χ2v) is 5.84. The first-order valence-electron chi connectivity index (χ1n) is 11.7. The zero-order valence-corrected chi connectivity index (χ0v) is 20.7. The molecule has 3 aliphatic rings. The topological polar surface area (TPSA) is 69.0 Å². The minimum absolute atomic E-state index is 0.298. The molecule has 0 radical (unpaired) electrons. The quantitative estimate of drug-likeness (QED) is 0.365. The Morgan fingerprint density at radius 1 is 0.636 bits per heavy atom. The molecule has 0 saturated heterocycles. The summed E-state index contributed by atoms with van der Waals surface area (Å²) < 4.78 is 9.98. The molecule has 176 valence electrons. The van der Waals surface area contributed by atoms with E-state index in [1.54, 1.807) is 12.4 Å². The van der Waals surface area contributed by atoms with E-state index in [-0.39, 0.29) is 0 Å². The first-order chi connectivity index (χ1) is 16.4. The van der Waals surface area contributed by atoms with Crippen LogP contribution in [0.2, 0.25) is 0 Å². The fourth-order valence-electron chi connectivity index (χ4n) is 2.73. The van der Waals surface area contributed by atoms with Gasteiger partial charge in [-0.05, 0) is 35.9 Å². The molecule has 0 N–H and O–H groups in total.